The zero-order valence-electron chi connectivity index (χ0n) is 12.5. The minimum atomic E-state index is -0.900. The molecule has 1 aromatic carbocycles. The number of aromatic nitrogens is 2. The number of imidazole rings is 1. The molecule has 0 saturated carbocycles. The lowest BCUT2D eigenvalue weighted by atomic mass is 10.3. The predicted octanol–water partition coefficient (Wildman–Crippen LogP) is 0.681. The summed E-state index contributed by atoms with van der Waals surface area (Å²) in [5, 5.41) is 0. The SMILES string of the molecule is CCn1c[n+](CCC[Si](C)(C)C)c2ccccc21.[Br-]. The van der Waals surface area contributed by atoms with Gasteiger partial charge in [-0.1, -0.05) is 37.8 Å². The van der Waals surface area contributed by atoms with Gasteiger partial charge in [0.2, 0.25) is 6.33 Å². The number of aryl methyl sites for hydroxylation is 2. The normalized spacial score (nSPS) is 11.6. The van der Waals surface area contributed by atoms with Gasteiger partial charge in [-0.05, 0) is 25.5 Å². The lowest BCUT2D eigenvalue weighted by Crippen LogP contribution is -3.00. The van der Waals surface area contributed by atoms with Crippen molar-refractivity contribution in [1.82, 2.24) is 4.57 Å². The Hall–Kier alpha value is -0.613. The van der Waals surface area contributed by atoms with Crippen LogP contribution in [0.3, 0.4) is 0 Å². The first-order chi connectivity index (χ1) is 8.51. The Kier molecular flexibility index (Phi) is 5.80. The van der Waals surface area contributed by atoms with Gasteiger partial charge in [-0.2, -0.15) is 0 Å². The molecule has 0 spiro atoms. The first kappa shape index (κ1) is 16.4. The largest absolute Gasteiger partial charge is 1.00 e. The maximum atomic E-state index is 2.45. The summed E-state index contributed by atoms with van der Waals surface area (Å²) in [5.74, 6) is 0. The van der Waals surface area contributed by atoms with Crippen molar-refractivity contribution in [2.24, 2.45) is 0 Å². The zero-order valence-corrected chi connectivity index (χ0v) is 15.1. The number of hydrogen-bond acceptors (Lipinski definition) is 0. The van der Waals surface area contributed by atoms with E-state index >= 15 is 0 Å². The van der Waals surface area contributed by atoms with Gasteiger partial charge in [0.25, 0.3) is 0 Å². The molecule has 2 aromatic rings. The van der Waals surface area contributed by atoms with E-state index in [4.69, 9.17) is 0 Å². The molecule has 0 radical (unpaired) electrons. The molecular weight excluding hydrogens is 316 g/mol. The van der Waals surface area contributed by atoms with Gasteiger partial charge in [0.15, 0.2) is 11.0 Å². The summed E-state index contributed by atoms with van der Waals surface area (Å²) in [7, 11) is -0.900. The molecule has 0 N–H and O–H groups in total. The highest BCUT2D eigenvalue weighted by Gasteiger charge is 2.16. The second-order valence-electron chi connectivity index (χ2n) is 6.25. The van der Waals surface area contributed by atoms with Gasteiger partial charge in [-0.15, -0.1) is 0 Å². The van der Waals surface area contributed by atoms with Crippen molar-refractivity contribution in [2.45, 2.75) is 52.1 Å². The van der Waals surface area contributed by atoms with Gasteiger partial charge in [0, 0.05) is 8.07 Å². The van der Waals surface area contributed by atoms with E-state index in [1.54, 1.807) is 0 Å². The van der Waals surface area contributed by atoms with Crippen LogP contribution in [0.15, 0.2) is 30.6 Å². The van der Waals surface area contributed by atoms with Crippen molar-refractivity contribution in [3.8, 4) is 0 Å². The van der Waals surface area contributed by atoms with Crippen molar-refractivity contribution in [1.29, 1.82) is 0 Å². The fourth-order valence-corrected chi connectivity index (χ4v) is 3.67. The topological polar surface area (TPSA) is 8.81 Å². The lowest BCUT2D eigenvalue weighted by molar-refractivity contribution is -0.672. The standard InChI is InChI=1S/C15H25N2Si.BrH/c1-5-16-13-17(11-8-12-18(2,3)4)15-10-7-6-9-14(15)16;/h6-7,9-10,13H,5,8,11-12H2,1-4H3;1H/q+1;/p-1. The van der Waals surface area contributed by atoms with Crippen LogP contribution in [-0.4, -0.2) is 12.6 Å². The van der Waals surface area contributed by atoms with Gasteiger partial charge in [0.1, 0.15) is 0 Å². The van der Waals surface area contributed by atoms with Crippen LogP contribution in [0, 0.1) is 0 Å². The summed E-state index contributed by atoms with van der Waals surface area (Å²) < 4.78 is 4.75. The molecule has 4 heteroatoms. The Bertz CT molecular complexity index is 528. The van der Waals surface area contributed by atoms with Crippen LogP contribution in [0.1, 0.15) is 13.3 Å². The second kappa shape index (κ2) is 6.71. The Morgan fingerprint density at radius 1 is 1.16 bits per heavy atom. The molecule has 0 aliphatic carbocycles. The third-order valence-electron chi connectivity index (χ3n) is 3.45. The van der Waals surface area contributed by atoms with E-state index in [0.29, 0.717) is 0 Å². The third kappa shape index (κ3) is 4.18. The summed E-state index contributed by atoms with van der Waals surface area (Å²) >= 11 is 0. The van der Waals surface area contributed by atoms with E-state index in [0.717, 1.165) is 13.1 Å². The molecule has 0 saturated heterocycles. The number of nitrogens with zero attached hydrogens (tertiary/aromatic N) is 2. The molecule has 0 bridgehead atoms. The van der Waals surface area contributed by atoms with Crippen LogP contribution in [0.25, 0.3) is 11.0 Å². The first-order valence-electron chi connectivity index (χ1n) is 6.98. The van der Waals surface area contributed by atoms with E-state index in [2.05, 4.69) is 66.3 Å². The minimum Gasteiger partial charge on any atom is -1.00 e. The van der Waals surface area contributed by atoms with Crippen molar-refractivity contribution >= 4 is 19.1 Å². The number of hydrogen-bond donors (Lipinski definition) is 0. The fraction of sp³-hybridized carbons (Fsp3) is 0.533. The smallest absolute Gasteiger partial charge is 0.244 e. The average molecular weight is 341 g/mol. The molecule has 19 heavy (non-hydrogen) atoms. The molecule has 2 nitrogen and oxygen atoms in total. The van der Waals surface area contributed by atoms with Crippen molar-refractivity contribution < 1.29 is 21.5 Å². The van der Waals surface area contributed by atoms with Crippen molar-refractivity contribution in [3.63, 3.8) is 0 Å². The summed E-state index contributed by atoms with van der Waals surface area (Å²) in [4.78, 5) is 0. The quantitative estimate of drug-likeness (QED) is 0.559. The predicted molar refractivity (Wildman–Crippen MR) is 80.6 cm³/mol. The molecule has 0 atom stereocenters. The van der Waals surface area contributed by atoms with Crippen LogP contribution < -0.4 is 21.5 Å². The molecule has 106 valence electrons. The van der Waals surface area contributed by atoms with Crippen molar-refractivity contribution in [2.75, 3.05) is 0 Å². The van der Waals surface area contributed by atoms with Crippen LogP contribution in [0.4, 0.5) is 0 Å². The number of halogens is 1. The first-order valence-corrected chi connectivity index (χ1v) is 10.7. The lowest BCUT2D eigenvalue weighted by Gasteiger charge is -2.14. The highest BCUT2D eigenvalue weighted by molar-refractivity contribution is 6.76. The van der Waals surface area contributed by atoms with Crippen LogP contribution >= 0.6 is 0 Å². The fourth-order valence-electron chi connectivity index (χ4n) is 2.45. The molecule has 2 rings (SSSR count). The molecule has 1 aromatic heterocycles. The van der Waals surface area contributed by atoms with Crippen LogP contribution in [0.2, 0.25) is 25.7 Å². The molecule has 0 amide bonds. The molecular formula is C15H25BrN2Si. The average Bonchev–Trinajstić information content (AvgIpc) is 2.66. The van der Waals surface area contributed by atoms with Gasteiger partial charge in [-0.25, -0.2) is 9.13 Å². The zero-order chi connectivity index (χ0) is 13.2. The summed E-state index contributed by atoms with van der Waals surface area (Å²) in [6, 6.07) is 10.1. The maximum absolute atomic E-state index is 2.45. The highest BCUT2D eigenvalue weighted by Crippen LogP contribution is 2.13. The molecule has 1 heterocycles. The summed E-state index contributed by atoms with van der Waals surface area (Å²) in [6.45, 7) is 11.8. The number of benzene rings is 1. The van der Waals surface area contributed by atoms with E-state index < -0.39 is 8.07 Å². The van der Waals surface area contributed by atoms with Gasteiger partial charge in [0.05, 0.1) is 13.1 Å². The van der Waals surface area contributed by atoms with E-state index in [1.807, 2.05) is 0 Å². The minimum absolute atomic E-state index is 0. The Balaban J connectivity index is 0.00000180. The van der Waals surface area contributed by atoms with Gasteiger partial charge in [-0.3, -0.25) is 0 Å². The van der Waals surface area contributed by atoms with Crippen molar-refractivity contribution in [3.05, 3.63) is 30.6 Å². The summed E-state index contributed by atoms with van der Waals surface area (Å²) in [6.07, 6.45) is 3.58. The highest BCUT2D eigenvalue weighted by atomic mass is 79.9. The Labute approximate surface area is 128 Å². The molecule has 0 fully saturated rings. The van der Waals surface area contributed by atoms with Crippen LogP contribution in [0.5, 0.6) is 0 Å². The number of para-hydroxylation sites is 2. The van der Waals surface area contributed by atoms with Gasteiger partial charge < -0.3 is 17.0 Å². The van der Waals surface area contributed by atoms with E-state index in [1.165, 1.54) is 23.5 Å². The molecule has 0 aliphatic rings. The Morgan fingerprint density at radius 3 is 2.47 bits per heavy atom. The Morgan fingerprint density at radius 2 is 1.84 bits per heavy atom. The van der Waals surface area contributed by atoms with E-state index in [-0.39, 0.29) is 17.0 Å². The van der Waals surface area contributed by atoms with Crippen LogP contribution in [-0.2, 0) is 13.1 Å². The summed E-state index contributed by atoms with van der Waals surface area (Å²) in [5.41, 5.74) is 2.72. The number of rotatable bonds is 5. The molecule has 0 aliphatic heterocycles. The molecule has 0 unspecified atom stereocenters. The van der Waals surface area contributed by atoms with E-state index in [9.17, 15) is 0 Å². The monoisotopic (exact) mass is 340 g/mol. The maximum Gasteiger partial charge on any atom is 0.244 e. The van der Waals surface area contributed by atoms with Gasteiger partial charge >= 0.3 is 0 Å². The third-order valence-corrected chi connectivity index (χ3v) is 5.30. The second-order valence-corrected chi connectivity index (χ2v) is 11.9. The number of fused-ring (bicyclic) bond motifs is 1.